The Labute approximate surface area is 179 Å². The van der Waals surface area contributed by atoms with Gasteiger partial charge in [-0.25, -0.2) is 9.67 Å². The van der Waals surface area contributed by atoms with Crippen molar-refractivity contribution in [3.8, 4) is 5.82 Å². The van der Waals surface area contributed by atoms with Crippen LogP contribution < -0.4 is 5.32 Å². The van der Waals surface area contributed by atoms with Crippen LogP contribution in [-0.4, -0.2) is 30.5 Å². The summed E-state index contributed by atoms with van der Waals surface area (Å²) < 4.78 is 3.53. The summed E-state index contributed by atoms with van der Waals surface area (Å²) in [4.78, 5) is 17.1. The predicted molar refractivity (Wildman–Crippen MR) is 115 cm³/mol. The highest BCUT2D eigenvalue weighted by molar-refractivity contribution is 6.33. The molecule has 4 rings (SSSR count). The van der Waals surface area contributed by atoms with Gasteiger partial charge in [0.2, 0.25) is 0 Å². The van der Waals surface area contributed by atoms with Crippen molar-refractivity contribution in [3.05, 3.63) is 94.2 Å². The first kappa shape index (κ1) is 19.8. The van der Waals surface area contributed by atoms with E-state index in [-0.39, 0.29) is 16.6 Å². The number of aromatic nitrogens is 5. The number of nitrogens with one attached hydrogen (secondary N) is 1. The molecule has 0 fully saturated rings. The predicted octanol–water partition coefficient (Wildman–Crippen LogP) is 3.71. The van der Waals surface area contributed by atoms with Crippen LogP contribution in [0.1, 0.15) is 33.0 Å². The lowest BCUT2D eigenvalue weighted by Gasteiger charge is -2.08. The lowest BCUT2D eigenvalue weighted by Crippen LogP contribution is -2.24. The number of carbonyl (C=O) groups excluding carboxylic acids is 1. The molecule has 0 radical (unpaired) electrons. The minimum absolute atomic E-state index is 0.165. The van der Waals surface area contributed by atoms with Gasteiger partial charge >= 0.3 is 0 Å². The summed E-state index contributed by atoms with van der Waals surface area (Å²) in [6.07, 6.45) is 3.65. The lowest BCUT2D eigenvalue weighted by atomic mass is 10.2. The second-order valence-electron chi connectivity index (χ2n) is 7.05. The zero-order chi connectivity index (χ0) is 21.1. The molecule has 0 aliphatic carbocycles. The molecular formula is C22H21ClN6O. The van der Waals surface area contributed by atoms with Crippen molar-refractivity contribution in [1.29, 1.82) is 0 Å². The normalized spacial score (nSPS) is 10.9. The Bertz CT molecular complexity index is 1180. The number of rotatable bonds is 6. The quantitative estimate of drug-likeness (QED) is 0.515. The van der Waals surface area contributed by atoms with Crippen molar-refractivity contribution in [2.45, 2.75) is 26.9 Å². The van der Waals surface area contributed by atoms with Gasteiger partial charge in [-0.05, 0) is 37.6 Å². The zero-order valence-corrected chi connectivity index (χ0v) is 17.5. The van der Waals surface area contributed by atoms with Crippen LogP contribution in [0.5, 0.6) is 0 Å². The second-order valence-corrected chi connectivity index (χ2v) is 7.46. The fourth-order valence-electron chi connectivity index (χ4n) is 3.19. The first-order valence-electron chi connectivity index (χ1n) is 9.53. The molecule has 3 heterocycles. The molecule has 0 aliphatic rings. The van der Waals surface area contributed by atoms with E-state index in [2.05, 4.69) is 20.5 Å². The van der Waals surface area contributed by atoms with Gasteiger partial charge in [-0.15, -0.1) is 0 Å². The highest BCUT2D eigenvalue weighted by atomic mass is 35.5. The Kier molecular flexibility index (Phi) is 5.63. The van der Waals surface area contributed by atoms with Gasteiger partial charge in [-0.1, -0.05) is 41.9 Å². The molecule has 1 N–H and O–H groups in total. The molecule has 1 aromatic carbocycles. The van der Waals surface area contributed by atoms with Gasteiger partial charge in [0.25, 0.3) is 5.91 Å². The molecule has 4 aromatic rings. The first-order valence-corrected chi connectivity index (χ1v) is 9.91. The van der Waals surface area contributed by atoms with E-state index in [9.17, 15) is 4.79 Å². The third-order valence-electron chi connectivity index (χ3n) is 4.60. The van der Waals surface area contributed by atoms with Crippen LogP contribution in [0.4, 0.5) is 0 Å². The van der Waals surface area contributed by atoms with E-state index in [1.54, 1.807) is 23.0 Å². The number of nitrogens with zero attached hydrogens (tertiary/aromatic N) is 5. The van der Waals surface area contributed by atoms with Crippen molar-refractivity contribution in [2.24, 2.45) is 0 Å². The number of aryl methyl sites for hydroxylation is 2. The maximum absolute atomic E-state index is 12.7. The van der Waals surface area contributed by atoms with Crippen LogP contribution in [0, 0.1) is 13.8 Å². The van der Waals surface area contributed by atoms with Crippen LogP contribution in [-0.2, 0) is 13.1 Å². The minimum atomic E-state index is -0.348. The minimum Gasteiger partial charge on any atom is -0.346 e. The fourth-order valence-corrected chi connectivity index (χ4v) is 3.38. The van der Waals surface area contributed by atoms with Crippen LogP contribution >= 0.6 is 11.6 Å². The molecule has 30 heavy (non-hydrogen) atoms. The van der Waals surface area contributed by atoms with Crippen LogP contribution in [0.15, 0.2) is 60.9 Å². The molecule has 0 unspecified atom stereocenters. The van der Waals surface area contributed by atoms with E-state index in [1.165, 1.54) is 0 Å². The Hall–Kier alpha value is -3.45. The largest absolute Gasteiger partial charge is 0.346 e. The second kappa shape index (κ2) is 8.51. The molecule has 152 valence electrons. The van der Waals surface area contributed by atoms with Crippen molar-refractivity contribution < 1.29 is 4.79 Å². The maximum atomic E-state index is 12.7. The Morgan fingerprint density at radius 3 is 2.63 bits per heavy atom. The van der Waals surface area contributed by atoms with Crippen LogP contribution in [0.3, 0.4) is 0 Å². The van der Waals surface area contributed by atoms with Crippen molar-refractivity contribution in [2.75, 3.05) is 0 Å². The number of hydrogen-bond acceptors (Lipinski definition) is 4. The molecule has 0 spiro atoms. The molecule has 1 amide bonds. The molecule has 7 nitrogen and oxygen atoms in total. The van der Waals surface area contributed by atoms with E-state index in [0.717, 1.165) is 22.5 Å². The van der Waals surface area contributed by atoms with Gasteiger partial charge in [0.05, 0.1) is 23.5 Å². The van der Waals surface area contributed by atoms with Gasteiger partial charge in [-0.3, -0.25) is 9.48 Å². The van der Waals surface area contributed by atoms with E-state index in [1.807, 2.05) is 61.1 Å². The van der Waals surface area contributed by atoms with Crippen molar-refractivity contribution >= 4 is 17.5 Å². The van der Waals surface area contributed by atoms with Crippen LogP contribution in [0.25, 0.3) is 5.82 Å². The summed E-state index contributed by atoms with van der Waals surface area (Å²) in [7, 11) is 0. The number of carbonyl (C=O) groups is 1. The number of halogens is 1. The molecular weight excluding hydrogens is 400 g/mol. The monoisotopic (exact) mass is 420 g/mol. The third-order valence-corrected chi connectivity index (χ3v) is 4.91. The molecule has 0 saturated carbocycles. The number of amides is 1. The smallest absolute Gasteiger partial charge is 0.271 e. The third kappa shape index (κ3) is 4.41. The molecule has 0 atom stereocenters. The van der Waals surface area contributed by atoms with E-state index >= 15 is 0 Å². The molecule has 0 aliphatic heterocycles. The van der Waals surface area contributed by atoms with Gasteiger partial charge in [-0.2, -0.15) is 10.2 Å². The average Bonchev–Trinajstić information content (AvgIpc) is 3.32. The Morgan fingerprint density at radius 2 is 1.90 bits per heavy atom. The summed E-state index contributed by atoms with van der Waals surface area (Å²) in [5.74, 6) is 0.199. The highest BCUT2D eigenvalue weighted by Gasteiger charge is 2.15. The summed E-state index contributed by atoms with van der Waals surface area (Å²) in [5, 5.41) is 11.9. The van der Waals surface area contributed by atoms with E-state index in [4.69, 9.17) is 11.6 Å². The van der Waals surface area contributed by atoms with Crippen molar-refractivity contribution in [3.63, 3.8) is 0 Å². The van der Waals surface area contributed by atoms with E-state index in [0.29, 0.717) is 18.9 Å². The molecule has 8 heteroatoms. The summed E-state index contributed by atoms with van der Waals surface area (Å²) in [5.41, 5.74) is 4.03. The standard InChI is InChI=1S/C22H21ClN6O/c1-15-10-16(2)29(27-15)20-9-8-19(23)21(26-20)22(30)24-11-18-12-25-28(14-18)13-17-6-4-3-5-7-17/h3-10,12,14H,11,13H2,1-2H3,(H,24,30). The highest BCUT2D eigenvalue weighted by Crippen LogP contribution is 2.18. The van der Waals surface area contributed by atoms with Gasteiger partial charge in [0.15, 0.2) is 5.82 Å². The van der Waals surface area contributed by atoms with Crippen molar-refractivity contribution in [1.82, 2.24) is 29.9 Å². The van der Waals surface area contributed by atoms with Gasteiger partial charge in [0, 0.05) is 24.0 Å². The van der Waals surface area contributed by atoms with Crippen LogP contribution in [0.2, 0.25) is 5.02 Å². The molecule has 0 bridgehead atoms. The number of pyridine rings is 1. The molecule has 3 aromatic heterocycles. The SMILES string of the molecule is Cc1cc(C)n(-c2ccc(Cl)c(C(=O)NCc3cnn(Cc4ccccc4)c3)n2)n1. The Balaban J connectivity index is 1.44. The van der Waals surface area contributed by atoms with Gasteiger partial charge < -0.3 is 5.32 Å². The first-order chi connectivity index (χ1) is 14.5. The average molecular weight is 421 g/mol. The topological polar surface area (TPSA) is 77.6 Å². The Morgan fingerprint density at radius 1 is 1.10 bits per heavy atom. The van der Waals surface area contributed by atoms with Gasteiger partial charge in [0.1, 0.15) is 5.69 Å². The number of benzene rings is 1. The summed E-state index contributed by atoms with van der Waals surface area (Å²) in [6.45, 7) is 4.84. The molecule has 0 saturated heterocycles. The number of hydrogen-bond donors (Lipinski definition) is 1. The lowest BCUT2D eigenvalue weighted by molar-refractivity contribution is 0.0946. The van der Waals surface area contributed by atoms with E-state index < -0.39 is 0 Å². The summed E-state index contributed by atoms with van der Waals surface area (Å²) >= 11 is 6.23. The summed E-state index contributed by atoms with van der Waals surface area (Å²) in [6, 6.07) is 15.4. The maximum Gasteiger partial charge on any atom is 0.271 e. The fraction of sp³-hybridized carbons (Fsp3) is 0.182. The zero-order valence-electron chi connectivity index (χ0n) is 16.7.